The van der Waals surface area contributed by atoms with Crippen LogP contribution in [0, 0.1) is 17.8 Å². The van der Waals surface area contributed by atoms with Crippen molar-refractivity contribution in [2.75, 3.05) is 11.9 Å². The van der Waals surface area contributed by atoms with Crippen molar-refractivity contribution in [3.8, 4) is 0 Å². The number of nitrogens with zero attached hydrogens (tertiary/aromatic N) is 2. The first-order valence-corrected chi connectivity index (χ1v) is 19.7. The van der Waals surface area contributed by atoms with Gasteiger partial charge in [0.15, 0.2) is 16.6 Å². The topological polar surface area (TPSA) is 24.9 Å². The predicted molar refractivity (Wildman–Crippen MR) is 136 cm³/mol. The molecule has 176 valence electrons. The Morgan fingerprint density at radius 2 is 1.69 bits per heavy atom. The molecule has 1 spiro atoms. The molecule has 7 rings (SSSR count). The van der Waals surface area contributed by atoms with E-state index in [1.165, 1.54) is 24.9 Å². The van der Waals surface area contributed by atoms with Gasteiger partial charge in [-0.1, -0.05) is 25.1 Å². The van der Waals surface area contributed by atoms with Crippen LogP contribution in [-0.4, -0.2) is 59.0 Å². The molecule has 5 fully saturated rings. The Bertz CT molecular complexity index is 927. The average Bonchev–Trinajstić information content (AvgIpc) is 3.08. The Morgan fingerprint density at radius 3 is 2.34 bits per heavy atom. The molecule has 0 radical (unpaired) electrons. The number of anilines is 1. The molecule has 5 bridgehead atoms. The highest BCUT2D eigenvalue weighted by molar-refractivity contribution is 6.70. The summed E-state index contributed by atoms with van der Waals surface area (Å²) >= 11 is 0. The Hall–Kier alpha value is -0.666. The van der Waals surface area contributed by atoms with E-state index in [2.05, 4.69) is 87.3 Å². The molecule has 4 nitrogen and oxygen atoms in total. The molecule has 1 aliphatic carbocycles. The Balaban J connectivity index is 1.54. The van der Waals surface area contributed by atoms with Gasteiger partial charge in [0.25, 0.3) is 0 Å². The lowest BCUT2D eigenvalue weighted by molar-refractivity contribution is -0.203. The highest BCUT2D eigenvalue weighted by Gasteiger charge is 2.77. The molecule has 10 unspecified atom stereocenters. The van der Waals surface area contributed by atoms with Gasteiger partial charge in [-0.05, 0) is 76.1 Å². The number of rotatable bonds is 5. The molecule has 6 aliphatic rings. The van der Waals surface area contributed by atoms with E-state index in [9.17, 15) is 0 Å². The molecule has 5 aliphatic heterocycles. The molecule has 0 amide bonds. The average molecular weight is 471 g/mol. The van der Waals surface area contributed by atoms with E-state index in [0.717, 1.165) is 5.92 Å². The molecule has 1 saturated carbocycles. The minimum atomic E-state index is -1.71. The van der Waals surface area contributed by atoms with Crippen molar-refractivity contribution >= 4 is 22.3 Å². The van der Waals surface area contributed by atoms with Gasteiger partial charge in [-0.25, -0.2) is 0 Å². The number of fused-ring (bicyclic) bond motifs is 2. The molecule has 4 saturated heterocycles. The first kappa shape index (κ1) is 21.8. The van der Waals surface area contributed by atoms with Crippen LogP contribution in [0.2, 0.25) is 39.3 Å². The highest BCUT2D eigenvalue weighted by atomic mass is 28.4. The van der Waals surface area contributed by atoms with E-state index in [0.29, 0.717) is 42.3 Å². The minimum absolute atomic E-state index is 0.142. The van der Waals surface area contributed by atoms with Crippen LogP contribution >= 0.6 is 0 Å². The number of piperidine rings is 4. The van der Waals surface area contributed by atoms with E-state index in [1.54, 1.807) is 5.56 Å². The lowest BCUT2D eigenvalue weighted by Crippen LogP contribution is -2.73. The van der Waals surface area contributed by atoms with Crippen molar-refractivity contribution in [2.45, 2.75) is 101 Å². The summed E-state index contributed by atoms with van der Waals surface area (Å²) in [5, 5.41) is 0. The van der Waals surface area contributed by atoms with E-state index in [4.69, 9.17) is 8.85 Å². The number of hydrogen-bond donors (Lipinski definition) is 0. The second-order valence-corrected chi connectivity index (χ2v) is 22.1. The number of para-hydroxylation sites is 1. The standard InChI is InChI=1S/C26H42N2O2Si2/c1-9-16-17-14-20-23-26(18-12-10-11-13-19(18)27(23)2)15-21(22(17)24(26)29-31(3,4)5)28(20)25(16)30-32(6,7)8/h10-13,16-17,20-25H,9,14-15H2,1-8H3. The molecular formula is C26H42N2O2Si2. The predicted octanol–water partition coefficient (Wildman–Crippen LogP) is 5.27. The molecule has 0 N–H and O–H groups in total. The van der Waals surface area contributed by atoms with Crippen LogP contribution in [0.15, 0.2) is 24.3 Å². The fourth-order valence-electron chi connectivity index (χ4n) is 8.89. The summed E-state index contributed by atoms with van der Waals surface area (Å²) in [6.45, 7) is 16.7. The van der Waals surface area contributed by atoms with Gasteiger partial charge in [0, 0.05) is 42.1 Å². The van der Waals surface area contributed by atoms with E-state index >= 15 is 0 Å². The van der Waals surface area contributed by atoms with E-state index in [1.807, 2.05) is 0 Å². The van der Waals surface area contributed by atoms with Gasteiger partial charge in [-0.2, -0.15) is 0 Å². The first-order valence-electron chi connectivity index (χ1n) is 12.9. The number of likely N-dealkylation sites (N-methyl/N-ethyl adjacent to an activating group) is 1. The van der Waals surface area contributed by atoms with Crippen molar-refractivity contribution in [3.63, 3.8) is 0 Å². The van der Waals surface area contributed by atoms with Crippen molar-refractivity contribution in [2.24, 2.45) is 17.8 Å². The summed E-state index contributed by atoms with van der Waals surface area (Å²) in [6, 6.07) is 11.0. The van der Waals surface area contributed by atoms with Crippen LogP contribution in [0.5, 0.6) is 0 Å². The largest absolute Gasteiger partial charge is 0.413 e. The zero-order chi connectivity index (χ0) is 22.8. The maximum Gasteiger partial charge on any atom is 0.185 e. The van der Waals surface area contributed by atoms with E-state index < -0.39 is 16.6 Å². The SMILES string of the molecule is CCC1C2CC3C4N(C)c5ccccc5C45CC(C2C5O[Si](C)(C)C)N3C1O[Si](C)(C)C. The third-order valence-electron chi connectivity index (χ3n) is 9.35. The van der Waals surface area contributed by atoms with Gasteiger partial charge in [-0.15, -0.1) is 0 Å². The highest BCUT2D eigenvalue weighted by Crippen LogP contribution is 2.70. The molecule has 32 heavy (non-hydrogen) atoms. The van der Waals surface area contributed by atoms with E-state index in [-0.39, 0.29) is 5.41 Å². The molecule has 0 aromatic heterocycles. The van der Waals surface area contributed by atoms with Crippen molar-refractivity contribution < 1.29 is 8.85 Å². The maximum absolute atomic E-state index is 7.29. The monoisotopic (exact) mass is 470 g/mol. The zero-order valence-corrected chi connectivity index (χ0v) is 23.3. The van der Waals surface area contributed by atoms with Crippen LogP contribution in [0.4, 0.5) is 5.69 Å². The maximum atomic E-state index is 7.29. The summed E-state index contributed by atoms with van der Waals surface area (Å²) in [4.78, 5) is 5.56. The van der Waals surface area contributed by atoms with Crippen LogP contribution < -0.4 is 4.90 Å². The van der Waals surface area contributed by atoms with Crippen LogP contribution in [0.1, 0.15) is 31.7 Å². The van der Waals surface area contributed by atoms with Gasteiger partial charge in [-0.3, -0.25) is 4.90 Å². The van der Waals surface area contributed by atoms with Crippen LogP contribution in [0.25, 0.3) is 0 Å². The van der Waals surface area contributed by atoms with Gasteiger partial charge in [0.05, 0.1) is 12.1 Å². The Labute approximate surface area is 196 Å². The minimum Gasteiger partial charge on any atom is -0.413 e. The first-order chi connectivity index (χ1) is 15.0. The summed E-state index contributed by atoms with van der Waals surface area (Å²) in [5.41, 5.74) is 3.16. The second kappa shape index (κ2) is 6.72. The van der Waals surface area contributed by atoms with Crippen molar-refractivity contribution in [3.05, 3.63) is 29.8 Å². The molecule has 5 heterocycles. The lowest BCUT2D eigenvalue weighted by Gasteiger charge is -2.64. The summed E-state index contributed by atoms with van der Waals surface area (Å²) in [5.74, 6) is 2.02. The van der Waals surface area contributed by atoms with Crippen molar-refractivity contribution in [1.82, 2.24) is 4.90 Å². The van der Waals surface area contributed by atoms with Crippen molar-refractivity contribution in [1.29, 1.82) is 0 Å². The van der Waals surface area contributed by atoms with Gasteiger partial charge < -0.3 is 13.8 Å². The fourth-order valence-corrected chi connectivity index (χ4v) is 11.0. The summed E-state index contributed by atoms with van der Waals surface area (Å²) < 4.78 is 14.3. The molecule has 6 heteroatoms. The summed E-state index contributed by atoms with van der Waals surface area (Å²) in [6.07, 6.45) is 4.43. The normalized spacial score (nSPS) is 46.0. The second-order valence-electron chi connectivity index (χ2n) is 13.2. The Kier molecular flexibility index (Phi) is 4.58. The van der Waals surface area contributed by atoms with Crippen LogP contribution in [-0.2, 0) is 14.3 Å². The van der Waals surface area contributed by atoms with Gasteiger partial charge >= 0.3 is 0 Å². The fraction of sp³-hybridized carbons (Fsp3) is 0.769. The molecule has 1 aromatic rings. The zero-order valence-electron chi connectivity index (χ0n) is 21.3. The van der Waals surface area contributed by atoms with Crippen LogP contribution in [0.3, 0.4) is 0 Å². The van der Waals surface area contributed by atoms with Gasteiger partial charge in [0.2, 0.25) is 0 Å². The lowest BCUT2D eigenvalue weighted by atomic mass is 9.62. The third kappa shape index (κ3) is 2.70. The van der Waals surface area contributed by atoms with Gasteiger partial charge in [0.1, 0.15) is 6.23 Å². The Morgan fingerprint density at radius 1 is 1.00 bits per heavy atom. The molecule has 10 atom stereocenters. The molecular weight excluding hydrogens is 428 g/mol. The number of benzene rings is 1. The summed E-state index contributed by atoms with van der Waals surface area (Å²) in [7, 11) is -0.996. The quantitative estimate of drug-likeness (QED) is 0.547. The number of hydrogen-bond acceptors (Lipinski definition) is 4. The smallest absolute Gasteiger partial charge is 0.185 e. The molecule has 1 aromatic carbocycles. The third-order valence-corrected chi connectivity index (χ3v) is 11.3.